The van der Waals surface area contributed by atoms with Crippen LogP contribution in [0.25, 0.3) is 0 Å². The van der Waals surface area contributed by atoms with Crippen LogP contribution >= 0.6 is 7.82 Å². The summed E-state index contributed by atoms with van der Waals surface area (Å²) >= 11 is 0. The Kier molecular flexibility index (Phi) is 37.3. The highest BCUT2D eigenvalue weighted by Gasteiger charge is 2.26. The van der Waals surface area contributed by atoms with E-state index in [0.29, 0.717) is 6.61 Å². The molecule has 0 aromatic carbocycles. The van der Waals surface area contributed by atoms with Gasteiger partial charge in [-0.1, -0.05) is 161 Å². The van der Waals surface area contributed by atoms with Crippen LogP contribution in [0.1, 0.15) is 194 Å². The first-order valence-corrected chi connectivity index (χ1v) is 22.2. The number of hydrogen-bond acceptors (Lipinski definition) is 8. The molecule has 0 aromatic heterocycles. The van der Waals surface area contributed by atoms with Gasteiger partial charge < -0.3 is 24.6 Å². The fourth-order valence-corrected chi connectivity index (χ4v) is 6.55. The van der Waals surface area contributed by atoms with Crippen molar-refractivity contribution in [3.05, 3.63) is 12.2 Å². The van der Waals surface area contributed by atoms with Crippen LogP contribution in [0.15, 0.2) is 12.2 Å². The maximum Gasteiger partial charge on any atom is 0.472 e. The fraction of sp³-hybridized carbons (Fsp3) is 0.925. The molecule has 50 heavy (non-hydrogen) atoms. The van der Waals surface area contributed by atoms with Crippen molar-refractivity contribution in [1.29, 1.82) is 0 Å². The Balaban J connectivity index is 4.13. The highest BCUT2D eigenvalue weighted by Crippen LogP contribution is 2.43. The summed E-state index contributed by atoms with van der Waals surface area (Å²) in [6, 6.07) is 0. The summed E-state index contributed by atoms with van der Waals surface area (Å²) in [5, 5.41) is 18.3. The van der Waals surface area contributed by atoms with E-state index in [2.05, 4.69) is 26.0 Å². The molecule has 0 aliphatic rings. The molecular formula is C40H79O9P. The number of hydrogen-bond donors (Lipinski definition) is 3. The molecule has 0 rings (SSSR count). The van der Waals surface area contributed by atoms with E-state index in [4.69, 9.17) is 23.6 Å². The van der Waals surface area contributed by atoms with Crippen LogP contribution in [0.4, 0.5) is 0 Å². The first-order valence-electron chi connectivity index (χ1n) is 20.7. The van der Waals surface area contributed by atoms with Crippen LogP contribution in [0, 0.1) is 0 Å². The SMILES string of the molecule is CCCCCCCC/C=C\CCCCCCCCCCOCC(COP(=O)(O)OCC(O)CO)OC(=O)CCCCCCCCCCCCC. The Bertz CT molecular complexity index is 795. The summed E-state index contributed by atoms with van der Waals surface area (Å²) in [6.07, 6.45) is 36.0. The molecule has 0 spiro atoms. The first kappa shape index (κ1) is 49.2. The molecule has 9 nitrogen and oxygen atoms in total. The molecule has 0 saturated carbocycles. The average molecular weight is 735 g/mol. The minimum Gasteiger partial charge on any atom is -0.457 e. The largest absolute Gasteiger partial charge is 0.472 e. The van der Waals surface area contributed by atoms with E-state index in [9.17, 15) is 19.4 Å². The van der Waals surface area contributed by atoms with Crippen molar-refractivity contribution in [2.24, 2.45) is 0 Å². The molecule has 3 unspecified atom stereocenters. The van der Waals surface area contributed by atoms with Crippen LogP contribution in [0.3, 0.4) is 0 Å². The molecule has 0 aliphatic carbocycles. The van der Waals surface area contributed by atoms with Gasteiger partial charge in [0.1, 0.15) is 12.2 Å². The van der Waals surface area contributed by atoms with E-state index in [-0.39, 0.29) is 25.6 Å². The molecule has 0 saturated heterocycles. The molecule has 0 heterocycles. The monoisotopic (exact) mass is 735 g/mol. The van der Waals surface area contributed by atoms with Crippen molar-refractivity contribution >= 4 is 13.8 Å². The van der Waals surface area contributed by atoms with Crippen LogP contribution in [0.2, 0.25) is 0 Å². The zero-order chi connectivity index (χ0) is 36.8. The lowest BCUT2D eigenvalue weighted by Gasteiger charge is -2.20. The van der Waals surface area contributed by atoms with E-state index < -0.39 is 33.2 Å². The summed E-state index contributed by atoms with van der Waals surface area (Å²) in [5.74, 6) is -0.383. The second kappa shape index (κ2) is 37.9. The summed E-state index contributed by atoms with van der Waals surface area (Å²) in [4.78, 5) is 22.5. The van der Waals surface area contributed by atoms with Crippen LogP contribution in [-0.2, 0) is 27.9 Å². The number of unbranched alkanes of at least 4 members (excludes halogenated alkanes) is 24. The minimum atomic E-state index is -4.51. The molecule has 3 atom stereocenters. The summed E-state index contributed by atoms with van der Waals surface area (Å²) in [6.45, 7) is 3.52. The van der Waals surface area contributed by atoms with Gasteiger partial charge in [-0.3, -0.25) is 13.8 Å². The lowest BCUT2D eigenvalue weighted by molar-refractivity contribution is -0.154. The molecule has 0 bridgehead atoms. The fourth-order valence-electron chi connectivity index (χ4n) is 5.76. The lowest BCUT2D eigenvalue weighted by Crippen LogP contribution is -2.29. The molecule has 3 N–H and O–H groups in total. The van der Waals surface area contributed by atoms with E-state index in [0.717, 1.165) is 38.5 Å². The van der Waals surface area contributed by atoms with E-state index in [1.807, 2.05) is 0 Å². The zero-order valence-corrected chi connectivity index (χ0v) is 33.3. The number of carbonyl (C=O) groups is 1. The van der Waals surface area contributed by atoms with Crippen molar-refractivity contribution in [3.63, 3.8) is 0 Å². The van der Waals surface area contributed by atoms with E-state index in [1.54, 1.807) is 0 Å². The molecule has 10 heteroatoms. The third kappa shape index (κ3) is 37.0. The predicted octanol–water partition coefficient (Wildman–Crippen LogP) is 10.9. The molecule has 0 aromatic rings. The topological polar surface area (TPSA) is 132 Å². The normalized spacial score (nSPS) is 14.3. The number of aliphatic hydroxyl groups is 2. The number of allylic oxidation sites excluding steroid dienone is 2. The van der Waals surface area contributed by atoms with Gasteiger partial charge in [-0.25, -0.2) is 4.57 Å². The standard InChI is InChI=1S/C40H79O9P/c1-3-5-7-9-11-13-15-16-17-18-19-20-21-23-25-27-29-31-33-46-36-39(37-48-50(44,45)47-35-38(42)34-41)49-40(43)32-30-28-26-24-22-14-12-10-8-6-4-2/h16-17,38-39,41-42H,3-15,18-37H2,1-2H3,(H,44,45)/b17-16-. The summed E-state index contributed by atoms with van der Waals surface area (Å²) in [7, 11) is -4.51. The van der Waals surface area contributed by atoms with Gasteiger partial charge in [0.05, 0.1) is 26.4 Å². The van der Waals surface area contributed by atoms with Gasteiger partial charge in [-0.2, -0.15) is 0 Å². The van der Waals surface area contributed by atoms with Crippen molar-refractivity contribution in [1.82, 2.24) is 0 Å². The Morgan fingerprint density at radius 1 is 0.600 bits per heavy atom. The molecular weight excluding hydrogens is 655 g/mol. The van der Waals surface area contributed by atoms with Gasteiger partial charge >= 0.3 is 13.8 Å². The van der Waals surface area contributed by atoms with Gasteiger partial charge in [0.15, 0.2) is 0 Å². The van der Waals surface area contributed by atoms with E-state index >= 15 is 0 Å². The molecule has 0 amide bonds. The van der Waals surface area contributed by atoms with Crippen molar-refractivity contribution < 1.29 is 43.0 Å². The number of phosphoric ester groups is 1. The van der Waals surface area contributed by atoms with Crippen LogP contribution in [-0.4, -0.2) is 66.3 Å². The minimum absolute atomic E-state index is 0.0522. The number of aliphatic hydroxyl groups excluding tert-OH is 2. The number of phosphoric acid groups is 1. The highest BCUT2D eigenvalue weighted by atomic mass is 31.2. The van der Waals surface area contributed by atoms with Gasteiger partial charge in [0.2, 0.25) is 0 Å². The Labute approximate surface area is 307 Å². The van der Waals surface area contributed by atoms with Crippen LogP contribution in [0.5, 0.6) is 0 Å². The second-order valence-corrected chi connectivity index (χ2v) is 15.5. The van der Waals surface area contributed by atoms with Gasteiger partial charge in [0, 0.05) is 13.0 Å². The summed E-state index contributed by atoms with van der Waals surface area (Å²) in [5.41, 5.74) is 0. The third-order valence-corrected chi connectivity index (χ3v) is 9.90. The first-order chi connectivity index (χ1) is 24.3. The third-order valence-electron chi connectivity index (χ3n) is 8.95. The molecule has 0 aliphatic heterocycles. The zero-order valence-electron chi connectivity index (χ0n) is 32.4. The Morgan fingerprint density at radius 2 is 1.02 bits per heavy atom. The lowest BCUT2D eigenvalue weighted by atomic mass is 10.1. The number of rotatable bonds is 40. The molecule has 0 fully saturated rings. The maximum absolute atomic E-state index is 12.5. The number of ether oxygens (including phenoxy) is 2. The summed E-state index contributed by atoms with van der Waals surface area (Å²) < 4.78 is 33.3. The second-order valence-electron chi connectivity index (χ2n) is 14.0. The van der Waals surface area contributed by atoms with Crippen molar-refractivity contribution in [2.75, 3.05) is 33.0 Å². The maximum atomic E-state index is 12.5. The van der Waals surface area contributed by atoms with Crippen molar-refractivity contribution in [3.8, 4) is 0 Å². The van der Waals surface area contributed by atoms with Crippen LogP contribution < -0.4 is 0 Å². The Morgan fingerprint density at radius 3 is 1.50 bits per heavy atom. The van der Waals surface area contributed by atoms with E-state index in [1.165, 1.54) is 135 Å². The quantitative estimate of drug-likeness (QED) is 0.0243. The molecule has 298 valence electrons. The van der Waals surface area contributed by atoms with Gasteiger partial charge in [-0.05, 0) is 38.5 Å². The van der Waals surface area contributed by atoms with Gasteiger partial charge in [0.25, 0.3) is 0 Å². The average Bonchev–Trinajstić information content (AvgIpc) is 3.10. The molecule has 0 radical (unpaired) electrons. The van der Waals surface area contributed by atoms with Crippen molar-refractivity contribution in [2.45, 2.75) is 206 Å². The number of esters is 1. The predicted molar refractivity (Wildman–Crippen MR) is 205 cm³/mol. The smallest absolute Gasteiger partial charge is 0.457 e. The van der Waals surface area contributed by atoms with Gasteiger partial charge in [-0.15, -0.1) is 0 Å². The Hall–Kier alpha value is -0.800. The highest BCUT2D eigenvalue weighted by molar-refractivity contribution is 7.47. The number of carbonyl (C=O) groups excluding carboxylic acids is 1.